The molecule has 0 bridgehead atoms. The Morgan fingerprint density at radius 3 is 3.00 bits per heavy atom. The van der Waals surface area contributed by atoms with Gasteiger partial charge in [-0.3, -0.25) is 0 Å². The van der Waals surface area contributed by atoms with Crippen molar-refractivity contribution in [3.05, 3.63) is 35.1 Å². The van der Waals surface area contributed by atoms with Crippen molar-refractivity contribution in [3.63, 3.8) is 0 Å². The Balaban J connectivity index is 2.44. The molecule has 0 fully saturated rings. The zero-order valence-corrected chi connectivity index (χ0v) is 7.76. The zero-order chi connectivity index (χ0) is 9.42. The van der Waals surface area contributed by atoms with Crippen molar-refractivity contribution < 1.29 is 4.39 Å². The molecule has 1 aliphatic rings. The van der Waals surface area contributed by atoms with Gasteiger partial charge in [0.1, 0.15) is 5.82 Å². The van der Waals surface area contributed by atoms with E-state index in [2.05, 4.69) is 6.92 Å². The fourth-order valence-corrected chi connectivity index (χ4v) is 2.04. The molecule has 0 aliphatic heterocycles. The van der Waals surface area contributed by atoms with Crippen molar-refractivity contribution in [2.75, 3.05) is 0 Å². The van der Waals surface area contributed by atoms with Gasteiger partial charge in [0, 0.05) is 6.04 Å². The highest BCUT2D eigenvalue weighted by molar-refractivity contribution is 5.34. The summed E-state index contributed by atoms with van der Waals surface area (Å²) in [4.78, 5) is 0. The molecule has 2 N–H and O–H groups in total. The summed E-state index contributed by atoms with van der Waals surface area (Å²) in [5.74, 6) is 0.228. The number of benzene rings is 1. The van der Waals surface area contributed by atoms with Crippen molar-refractivity contribution in [1.29, 1.82) is 0 Å². The van der Waals surface area contributed by atoms with Crippen molar-refractivity contribution in [1.82, 2.24) is 0 Å². The second kappa shape index (κ2) is 3.11. The van der Waals surface area contributed by atoms with Gasteiger partial charge in [-0.15, -0.1) is 0 Å². The molecule has 0 spiro atoms. The van der Waals surface area contributed by atoms with Gasteiger partial charge in [0.2, 0.25) is 0 Å². The topological polar surface area (TPSA) is 26.0 Å². The maximum absolute atomic E-state index is 12.9. The maximum atomic E-state index is 12.9. The summed E-state index contributed by atoms with van der Waals surface area (Å²) in [7, 11) is 0. The van der Waals surface area contributed by atoms with Crippen molar-refractivity contribution in [3.8, 4) is 0 Å². The first-order valence-electron chi connectivity index (χ1n) is 4.72. The molecule has 2 unspecified atom stereocenters. The van der Waals surface area contributed by atoms with Gasteiger partial charge in [-0.1, -0.05) is 13.0 Å². The molecule has 0 amide bonds. The van der Waals surface area contributed by atoms with Gasteiger partial charge in [-0.2, -0.15) is 0 Å². The number of hydrogen-bond acceptors (Lipinski definition) is 1. The van der Waals surface area contributed by atoms with Gasteiger partial charge in [0.05, 0.1) is 0 Å². The Morgan fingerprint density at radius 2 is 2.23 bits per heavy atom. The van der Waals surface area contributed by atoms with Crippen LogP contribution in [-0.2, 0) is 6.42 Å². The minimum atomic E-state index is -0.138. The summed E-state index contributed by atoms with van der Waals surface area (Å²) < 4.78 is 12.9. The van der Waals surface area contributed by atoms with Crippen LogP contribution in [0.25, 0.3) is 0 Å². The lowest BCUT2D eigenvalue weighted by atomic mass is 9.81. The van der Waals surface area contributed by atoms with E-state index in [0.29, 0.717) is 5.92 Å². The molecule has 0 saturated heterocycles. The van der Waals surface area contributed by atoms with Gasteiger partial charge >= 0.3 is 0 Å². The average molecular weight is 179 g/mol. The predicted octanol–water partition coefficient (Wildman–Crippen LogP) is 2.20. The fraction of sp³-hybridized carbons (Fsp3) is 0.455. The third-order valence-electron chi connectivity index (χ3n) is 2.98. The Morgan fingerprint density at radius 1 is 1.46 bits per heavy atom. The van der Waals surface area contributed by atoms with E-state index in [0.717, 1.165) is 18.4 Å². The van der Waals surface area contributed by atoms with Crippen LogP contribution in [0.5, 0.6) is 0 Å². The van der Waals surface area contributed by atoms with E-state index in [9.17, 15) is 4.39 Å². The van der Waals surface area contributed by atoms with E-state index >= 15 is 0 Å². The van der Waals surface area contributed by atoms with Gasteiger partial charge in [-0.05, 0) is 42.0 Å². The minimum Gasteiger partial charge on any atom is -0.327 e. The number of aryl methyl sites for hydroxylation is 1. The molecule has 2 rings (SSSR count). The van der Waals surface area contributed by atoms with Crippen LogP contribution in [0.3, 0.4) is 0 Å². The first kappa shape index (κ1) is 8.70. The summed E-state index contributed by atoms with van der Waals surface area (Å²) in [6.45, 7) is 2.11. The molecule has 1 aromatic rings. The molecule has 0 aromatic heterocycles. The van der Waals surface area contributed by atoms with Crippen LogP contribution >= 0.6 is 0 Å². The Kier molecular flexibility index (Phi) is 2.08. The molecule has 1 aliphatic carbocycles. The Labute approximate surface area is 77.8 Å². The Hall–Kier alpha value is -0.890. The largest absolute Gasteiger partial charge is 0.327 e. The fourth-order valence-electron chi connectivity index (χ4n) is 2.04. The van der Waals surface area contributed by atoms with Crippen LogP contribution in [-0.4, -0.2) is 6.04 Å². The maximum Gasteiger partial charge on any atom is 0.123 e. The van der Waals surface area contributed by atoms with Gasteiger partial charge in [0.25, 0.3) is 0 Å². The van der Waals surface area contributed by atoms with Crippen LogP contribution in [0.4, 0.5) is 4.39 Å². The molecule has 1 nitrogen and oxygen atoms in total. The normalized spacial score (nSPS) is 27.0. The molecule has 13 heavy (non-hydrogen) atoms. The lowest BCUT2D eigenvalue weighted by Gasteiger charge is -2.28. The molecule has 2 atom stereocenters. The van der Waals surface area contributed by atoms with E-state index in [1.165, 1.54) is 11.6 Å². The molecule has 70 valence electrons. The number of nitrogens with two attached hydrogens (primary N) is 1. The second-order valence-electron chi connectivity index (χ2n) is 3.83. The van der Waals surface area contributed by atoms with Crippen molar-refractivity contribution in [2.24, 2.45) is 5.73 Å². The highest BCUT2D eigenvalue weighted by Gasteiger charge is 2.22. The van der Waals surface area contributed by atoms with E-state index < -0.39 is 0 Å². The molecule has 0 saturated carbocycles. The summed E-state index contributed by atoms with van der Waals surface area (Å²) in [5.41, 5.74) is 8.29. The van der Waals surface area contributed by atoms with Crippen LogP contribution in [0, 0.1) is 5.82 Å². The lowest BCUT2D eigenvalue weighted by molar-refractivity contribution is 0.493. The smallest absolute Gasteiger partial charge is 0.123 e. The first-order valence-corrected chi connectivity index (χ1v) is 4.72. The van der Waals surface area contributed by atoms with E-state index in [1.54, 1.807) is 6.07 Å². The minimum absolute atomic E-state index is 0.138. The number of rotatable bonds is 0. The standard InChI is InChI=1S/C11H14FN/c1-7-10-4-3-9(12)6-8(10)2-5-11(7)13/h3-4,6-7,11H,2,5,13H2,1H3. The van der Waals surface area contributed by atoms with Crippen molar-refractivity contribution >= 4 is 0 Å². The molecular formula is C11H14FN. The molecule has 0 radical (unpaired) electrons. The van der Waals surface area contributed by atoms with Crippen LogP contribution in [0.1, 0.15) is 30.4 Å². The molecular weight excluding hydrogens is 165 g/mol. The summed E-state index contributed by atoms with van der Waals surface area (Å²) in [6, 6.07) is 5.26. The third kappa shape index (κ3) is 1.46. The van der Waals surface area contributed by atoms with Crippen LogP contribution in [0.2, 0.25) is 0 Å². The number of fused-ring (bicyclic) bond motifs is 1. The highest BCUT2D eigenvalue weighted by atomic mass is 19.1. The molecule has 0 heterocycles. The predicted molar refractivity (Wildman–Crippen MR) is 51.1 cm³/mol. The second-order valence-corrected chi connectivity index (χ2v) is 3.83. The van der Waals surface area contributed by atoms with E-state index in [1.807, 2.05) is 6.07 Å². The van der Waals surface area contributed by atoms with Gasteiger partial charge < -0.3 is 5.73 Å². The highest BCUT2D eigenvalue weighted by Crippen LogP contribution is 2.30. The third-order valence-corrected chi connectivity index (χ3v) is 2.98. The van der Waals surface area contributed by atoms with Crippen molar-refractivity contribution in [2.45, 2.75) is 31.7 Å². The van der Waals surface area contributed by atoms with Crippen LogP contribution < -0.4 is 5.73 Å². The summed E-state index contributed by atoms with van der Waals surface area (Å²) in [6.07, 6.45) is 1.89. The van der Waals surface area contributed by atoms with E-state index in [-0.39, 0.29) is 11.9 Å². The molecule has 2 heteroatoms. The van der Waals surface area contributed by atoms with Gasteiger partial charge in [-0.25, -0.2) is 4.39 Å². The number of hydrogen-bond donors (Lipinski definition) is 1. The molecule has 1 aromatic carbocycles. The zero-order valence-electron chi connectivity index (χ0n) is 7.76. The SMILES string of the molecule is CC1c2ccc(F)cc2CCC1N. The average Bonchev–Trinajstić information content (AvgIpc) is 2.12. The monoisotopic (exact) mass is 179 g/mol. The lowest BCUT2D eigenvalue weighted by Crippen LogP contribution is -2.31. The van der Waals surface area contributed by atoms with Gasteiger partial charge in [0.15, 0.2) is 0 Å². The first-order chi connectivity index (χ1) is 6.18. The summed E-state index contributed by atoms with van der Waals surface area (Å²) in [5, 5.41) is 0. The number of halogens is 1. The summed E-state index contributed by atoms with van der Waals surface area (Å²) >= 11 is 0. The quantitative estimate of drug-likeness (QED) is 0.649. The van der Waals surface area contributed by atoms with E-state index in [4.69, 9.17) is 5.73 Å². The van der Waals surface area contributed by atoms with Crippen LogP contribution in [0.15, 0.2) is 18.2 Å². The Bertz CT molecular complexity index is 322.